The zero-order chi connectivity index (χ0) is 42.3. The predicted molar refractivity (Wildman–Crippen MR) is 243 cm³/mol. The molecule has 0 aliphatic rings. The van der Waals surface area contributed by atoms with Gasteiger partial charge in [0.05, 0.1) is 22.5 Å². The zero-order valence-corrected chi connectivity index (χ0v) is 37.6. The Morgan fingerprint density at radius 1 is 0.695 bits per heavy atom. The van der Waals surface area contributed by atoms with E-state index in [4.69, 9.17) is 9.16 Å². The van der Waals surface area contributed by atoms with E-state index in [0.717, 1.165) is 59.2 Å². The molecule has 10 heteroatoms. The van der Waals surface area contributed by atoms with Gasteiger partial charge in [-0.25, -0.2) is 17.9 Å². The molecule has 1 radical (unpaired) electrons. The number of hydrogen-bond donors (Lipinski definition) is 1. The highest BCUT2D eigenvalue weighted by Crippen LogP contribution is 2.40. The maximum absolute atomic E-state index is 14.2. The van der Waals surface area contributed by atoms with Crippen LogP contribution in [0.4, 0.5) is 0 Å². The topological polar surface area (TPSA) is 98.8 Å². The normalized spacial score (nSPS) is 13.4. The SMILES string of the molecule is COC(=O)C(O[Si](c1ccccc1)c1ccccc1C(C)(C)C)C(SC(C)C(=O)NS(=O)(=O)c1ccccc1)c1ccccc1CCCCCCCCc1ccccc1. The highest BCUT2D eigenvalue weighted by Gasteiger charge is 2.40. The minimum atomic E-state index is -4.13. The van der Waals surface area contributed by atoms with E-state index in [1.54, 1.807) is 25.1 Å². The summed E-state index contributed by atoms with van der Waals surface area (Å²) < 4.78 is 41.6. The second-order valence-corrected chi connectivity index (χ2v) is 21.0. The number of amides is 1. The van der Waals surface area contributed by atoms with Crippen LogP contribution in [0.15, 0.2) is 144 Å². The van der Waals surface area contributed by atoms with Crippen LogP contribution in [0.25, 0.3) is 0 Å². The first-order valence-corrected chi connectivity index (χ1v) is 24.4. The maximum atomic E-state index is 14.2. The van der Waals surface area contributed by atoms with E-state index >= 15 is 0 Å². The Bertz CT molecular complexity index is 2180. The largest absolute Gasteiger partial charge is 0.467 e. The van der Waals surface area contributed by atoms with Gasteiger partial charge in [0.1, 0.15) is 0 Å². The van der Waals surface area contributed by atoms with Crippen LogP contribution in [-0.2, 0) is 47.0 Å². The highest BCUT2D eigenvalue weighted by atomic mass is 32.2. The van der Waals surface area contributed by atoms with Gasteiger partial charge in [0.25, 0.3) is 19.1 Å². The van der Waals surface area contributed by atoms with Gasteiger partial charge in [0, 0.05) is 0 Å². The van der Waals surface area contributed by atoms with Crippen LogP contribution in [0.2, 0.25) is 0 Å². The summed E-state index contributed by atoms with van der Waals surface area (Å²) in [6.07, 6.45) is 7.42. The fraction of sp³-hybridized carbons (Fsp3) is 0.347. The number of hydrogen-bond acceptors (Lipinski definition) is 7. The fourth-order valence-corrected chi connectivity index (χ4v) is 12.3. The van der Waals surface area contributed by atoms with E-state index in [0.29, 0.717) is 0 Å². The predicted octanol–water partition coefficient (Wildman–Crippen LogP) is 9.14. The van der Waals surface area contributed by atoms with Crippen molar-refractivity contribution < 1.29 is 27.2 Å². The molecule has 3 unspecified atom stereocenters. The van der Waals surface area contributed by atoms with Crippen molar-refractivity contribution in [3.63, 3.8) is 0 Å². The Balaban J connectivity index is 1.45. The van der Waals surface area contributed by atoms with E-state index < -0.39 is 47.5 Å². The van der Waals surface area contributed by atoms with Crippen molar-refractivity contribution in [2.45, 2.75) is 106 Å². The molecule has 0 saturated carbocycles. The Morgan fingerprint density at radius 2 is 1.24 bits per heavy atom. The Labute approximate surface area is 358 Å². The number of aryl methyl sites for hydroxylation is 2. The van der Waals surface area contributed by atoms with Gasteiger partial charge in [-0.2, -0.15) is 0 Å². The molecule has 59 heavy (non-hydrogen) atoms. The minimum Gasteiger partial charge on any atom is -0.467 e. The van der Waals surface area contributed by atoms with E-state index in [1.807, 2.05) is 60.7 Å². The molecule has 1 amide bonds. The van der Waals surface area contributed by atoms with Crippen LogP contribution in [0, 0.1) is 0 Å². The van der Waals surface area contributed by atoms with Crippen molar-refractivity contribution in [2.75, 3.05) is 7.11 Å². The second kappa shape index (κ2) is 22.2. The number of carbonyl (C=O) groups is 2. The van der Waals surface area contributed by atoms with E-state index in [-0.39, 0.29) is 10.3 Å². The number of nitrogens with one attached hydrogen (secondary N) is 1. The Kier molecular flexibility index (Phi) is 17.2. The molecule has 5 rings (SSSR count). The molecule has 0 fully saturated rings. The van der Waals surface area contributed by atoms with Gasteiger partial charge in [-0.15, -0.1) is 11.8 Å². The average Bonchev–Trinajstić information content (AvgIpc) is 3.24. The molecule has 0 saturated heterocycles. The lowest BCUT2D eigenvalue weighted by molar-refractivity contribution is -0.149. The van der Waals surface area contributed by atoms with Crippen molar-refractivity contribution in [3.05, 3.63) is 162 Å². The Morgan fingerprint density at radius 3 is 1.88 bits per heavy atom. The van der Waals surface area contributed by atoms with Crippen molar-refractivity contribution in [1.82, 2.24) is 4.72 Å². The van der Waals surface area contributed by atoms with Gasteiger partial charge >= 0.3 is 5.97 Å². The van der Waals surface area contributed by atoms with Gasteiger partial charge in [-0.3, -0.25) is 4.79 Å². The van der Waals surface area contributed by atoms with Crippen molar-refractivity contribution >= 4 is 53.1 Å². The number of sulfonamides is 1. The fourth-order valence-electron chi connectivity index (χ4n) is 7.19. The number of ether oxygens (including phenoxy) is 1. The molecule has 0 spiro atoms. The molecule has 0 aromatic heterocycles. The average molecular weight is 849 g/mol. The summed E-state index contributed by atoms with van der Waals surface area (Å²) in [5, 5.41) is 0.365. The van der Waals surface area contributed by atoms with Crippen molar-refractivity contribution in [2.24, 2.45) is 0 Å². The molecule has 7 nitrogen and oxygen atoms in total. The summed E-state index contributed by atoms with van der Waals surface area (Å²) in [5.74, 6) is -1.26. The summed E-state index contributed by atoms with van der Waals surface area (Å²) in [7, 11) is -4.89. The highest BCUT2D eigenvalue weighted by molar-refractivity contribution is 8.01. The van der Waals surface area contributed by atoms with Crippen LogP contribution in [-0.4, -0.2) is 47.8 Å². The van der Waals surface area contributed by atoms with E-state index in [2.05, 4.69) is 74.0 Å². The zero-order valence-electron chi connectivity index (χ0n) is 34.9. The summed E-state index contributed by atoms with van der Waals surface area (Å²) in [6.45, 7) is 8.16. The first kappa shape index (κ1) is 45.6. The maximum Gasteiger partial charge on any atom is 0.335 e. The quantitative estimate of drug-likeness (QED) is 0.0447. The van der Waals surface area contributed by atoms with Gasteiger partial charge in [-0.05, 0) is 82.8 Å². The number of methoxy groups -OCH3 is 1. The number of benzene rings is 5. The van der Waals surface area contributed by atoms with Crippen LogP contribution in [0.5, 0.6) is 0 Å². The lowest BCUT2D eigenvalue weighted by atomic mass is 9.87. The summed E-state index contributed by atoms with van der Waals surface area (Å²) in [6, 6.07) is 44.7. The summed E-state index contributed by atoms with van der Waals surface area (Å²) in [4.78, 5) is 28.0. The minimum absolute atomic E-state index is 0.00738. The number of unbranched alkanes of at least 4 members (excludes halogenated alkanes) is 5. The van der Waals surface area contributed by atoms with Crippen LogP contribution in [0.3, 0.4) is 0 Å². The molecule has 1 N–H and O–H groups in total. The van der Waals surface area contributed by atoms with Crippen molar-refractivity contribution in [3.8, 4) is 0 Å². The molecule has 311 valence electrons. The van der Waals surface area contributed by atoms with E-state index in [9.17, 15) is 18.0 Å². The number of carbonyl (C=O) groups excluding carboxylic acids is 2. The van der Waals surface area contributed by atoms with Gasteiger partial charge < -0.3 is 9.16 Å². The first-order chi connectivity index (χ1) is 28.4. The summed E-state index contributed by atoms with van der Waals surface area (Å²) in [5.41, 5.74) is 4.19. The van der Waals surface area contributed by atoms with Crippen LogP contribution in [0.1, 0.15) is 93.7 Å². The molecule has 0 aliphatic heterocycles. The monoisotopic (exact) mass is 848 g/mol. The third-order valence-corrected chi connectivity index (χ3v) is 15.4. The second-order valence-electron chi connectivity index (χ2n) is 15.8. The molecule has 5 aromatic carbocycles. The van der Waals surface area contributed by atoms with Gasteiger partial charge in [-0.1, -0.05) is 174 Å². The van der Waals surface area contributed by atoms with Gasteiger partial charge in [0.2, 0.25) is 5.91 Å². The van der Waals surface area contributed by atoms with Crippen molar-refractivity contribution in [1.29, 1.82) is 0 Å². The first-order valence-electron chi connectivity index (χ1n) is 20.5. The third kappa shape index (κ3) is 13.3. The third-order valence-electron chi connectivity index (χ3n) is 10.3. The smallest absolute Gasteiger partial charge is 0.335 e. The number of rotatable bonds is 21. The van der Waals surface area contributed by atoms with Crippen LogP contribution >= 0.6 is 11.8 Å². The molecule has 5 aromatic rings. The number of thioether (sulfide) groups is 1. The molecule has 3 atom stereocenters. The molecule has 0 bridgehead atoms. The number of esters is 1. The van der Waals surface area contributed by atoms with Gasteiger partial charge in [0.15, 0.2) is 6.10 Å². The molecule has 0 aliphatic carbocycles. The lowest BCUT2D eigenvalue weighted by Crippen LogP contribution is -2.52. The lowest BCUT2D eigenvalue weighted by Gasteiger charge is -2.33. The molecule has 0 heterocycles. The Hall–Kier alpha value is -4.48. The van der Waals surface area contributed by atoms with E-state index in [1.165, 1.54) is 55.8 Å². The molecular weight excluding hydrogens is 791 g/mol. The molecular formula is C49H58NO6S2Si. The summed E-state index contributed by atoms with van der Waals surface area (Å²) >= 11 is 1.21. The standard InChI is InChI=1S/C49H58NO6S2Si/c1-37(47(51)50-58(53,54)40-30-17-11-18-31-40)57-46(42-34-22-21-29-39(42)28-16-9-7-6-8-13-25-38-26-14-10-15-27-38)45(48(52)55-5)56-59(41-32-19-12-20-33-41)44-36-24-23-35-43(44)49(2,3)4/h10-12,14-15,17-24,26-27,29-37,45-46H,6-9,13,16,25,28H2,1-5H3,(H,50,51). The van der Waals surface area contributed by atoms with Crippen LogP contribution < -0.4 is 15.1 Å².